The summed E-state index contributed by atoms with van der Waals surface area (Å²) in [5, 5.41) is 27.1. The van der Waals surface area contributed by atoms with Gasteiger partial charge in [-0.15, -0.1) is 0 Å². The van der Waals surface area contributed by atoms with E-state index in [9.17, 15) is 19.8 Å². The smallest absolute Gasteiger partial charge is 0.333 e. The fourth-order valence-electron chi connectivity index (χ4n) is 2.19. The largest absolute Gasteiger partial charge is 0.479 e. The zero-order chi connectivity index (χ0) is 17.9. The van der Waals surface area contributed by atoms with Crippen molar-refractivity contribution in [1.82, 2.24) is 0 Å². The Kier molecular flexibility index (Phi) is 6.30. The predicted octanol–water partition coefficient (Wildman–Crippen LogP) is 3.85. The molecule has 0 radical (unpaired) electrons. The first-order chi connectivity index (χ1) is 9.70. The molecule has 128 valence electrons. The van der Waals surface area contributed by atoms with Gasteiger partial charge in [0.2, 0.25) is 0 Å². The predicted molar refractivity (Wildman–Crippen MR) is 85.0 cm³/mol. The highest BCUT2D eigenvalue weighted by atomic mass is 16.4. The van der Waals surface area contributed by atoms with E-state index < -0.39 is 28.4 Å². The van der Waals surface area contributed by atoms with E-state index in [2.05, 4.69) is 10.2 Å². The van der Waals surface area contributed by atoms with Crippen LogP contribution in [0.25, 0.3) is 0 Å². The molecule has 6 nitrogen and oxygen atoms in total. The van der Waals surface area contributed by atoms with Crippen LogP contribution in [-0.4, -0.2) is 33.2 Å². The third-order valence-electron chi connectivity index (χ3n) is 4.85. The molecule has 22 heavy (non-hydrogen) atoms. The highest BCUT2D eigenvalue weighted by molar-refractivity contribution is 5.80. The first kappa shape index (κ1) is 20.5. The van der Waals surface area contributed by atoms with E-state index in [4.69, 9.17) is 0 Å². The van der Waals surface area contributed by atoms with E-state index >= 15 is 0 Å². The Balaban J connectivity index is 5.86. The molecular weight excluding hydrogens is 284 g/mol. The van der Waals surface area contributed by atoms with Crippen molar-refractivity contribution in [3.05, 3.63) is 0 Å². The number of nitrogens with zero attached hydrogens (tertiary/aromatic N) is 2. The maximum Gasteiger partial charge on any atom is 0.333 e. The lowest BCUT2D eigenvalue weighted by molar-refractivity contribution is -0.150. The van der Waals surface area contributed by atoms with Gasteiger partial charge in [-0.1, -0.05) is 41.5 Å². The van der Waals surface area contributed by atoms with Crippen molar-refractivity contribution in [2.24, 2.45) is 27.5 Å². The van der Waals surface area contributed by atoms with E-state index in [1.165, 1.54) is 13.8 Å². The third-order valence-corrected chi connectivity index (χ3v) is 4.85. The molecule has 0 aliphatic rings. The minimum Gasteiger partial charge on any atom is -0.479 e. The van der Waals surface area contributed by atoms with Gasteiger partial charge in [-0.25, -0.2) is 9.59 Å². The van der Waals surface area contributed by atoms with Crippen LogP contribution >= 0.6 is 0 Å². The summed E-state index contributed by atoms with van der Waals surface area (Å²) >= 11 is 0. The SMILES string of the molecule is CC(C)CC(C)(/N=N/C(C)(C(=O)O)C(C)(C)C(C)C)C(=O)O. The zero-order valence-corrected chi connectivity index (χ0v) is 15.0. The van der Waals surface area contributed by atoms with Crippen LogP contribution in [0, 0.1) is 17.3 Å². The van der Waals surface area contributed by atoms with Gasteiger partial charge < -0.3 is 10.2 Å². The van der Waals surface area contributed by atoms with Crippen molar-refractivity contribution in [3.8, 4) is 0 Å². The molecule has 0 heterocycles. The van der Waals surface area contributed by atoms with E-state index in [1.54, 1.807) is 0 Å². The van der Waals surface area contributed by atoms with Crippen LogP contribution in [0.4, 0.5) is 0 Å². The Morgan fingerprint density at radius 3 is 1.64 bits per heavy atom. The molecule has 0 saturated carbocycles. The van der Waals surface area contributed by atoms with Crippen LogP contribution < -0.4 is 0 Å². The zero-order valence-electron chi connectivity index (χ0n) is 15.0. The summed E-state index contributed by atoms with van der Waals surface area (Å²) in [6, 6.07) is 0. The van der Waals surface area contributed by atoms with Gasteiger partial charge in [0.05, 0.1) is 0 Å². The Morgan fingerprint density at radius 1 is 0.909 bits per heavy atom. The Morgan fingerprint density at radius 2 is 1.36 bits per heavy atom. The molecular formula is C16H30N2O4. The standard InChI is InChI=1S/C16H30N2O4/c1-10(2)9-15(7,12(19)20)17-18-16(8,13(21)22)14(5,6)11(3)4/h10-11H,9H2,1-8H3,(H,19,20)(H,21,22)/b18-17+. The number of azo groups is 1. The molecule has 2 atom stereocenters. The van der Waals surface area contributed by atoms with Gasteiger partial charge >= 0.3 is 11.9 Å². The lowest BCUT2D eigenvalue weighted by Gasteiger charge is -2.40. The van der Waals surface area contributed by atoms with Gasteiger partial charge in [0, 0.05) is 5.41 Å². The highest BCUT2D eigenvalue weighted by Gasteiger charge is 2.50. The molecule has 0 rings (SSSR count). The van der Waals surface area contributed by atoms with E-state index in [0.29, 0.717) is 6.42 Å². The summed E-state index contributed by atoms with van der Waals surface area (Å²) in [5.74, 6) is -2.06. The van der Waals surface area contributed by atoms with Gasteiger partial charge in [-0.2, -0.15) is 10.2 Å². The molecule has 0 aliphatic carbocycles. The number of hydrogen-bond acceptors (Lipinski definition) is 4. The van der Waals surface area contributed by atoms with E-state index in [0.717, 1.165) is 0 Å². The van der Waals surface area contributed by atoms with Gasteiger partial charge in [0.15, 0.2) is 11.1 Å². The summed E-state index contributed by atoms with van der Waals surface area (Å²) in [6.07, 6.45) is 0.295. The summed E-state index contributed by atoms with van der Waals surface area (Å²) in [7, 11) is 0. The highest BCUT2D eigenvalue weighted by Crippen LogP contribution is 2.42. The van der Waals surface area contributed by atoms with Crippen LogP contribution in [0.2, 0.25) is 0 Å². The third kappa shape index (κ3) is 4.05. The van der Waals surface area contributed by atoms with Crippen molar-refractivity contribution in [1.29, 1.82) is 0 Å². The van der Waals surface area contributed by atoms with Crippen LogP contribution in [0.3, 0.4) is 0 Å². The Hall–Kier alpha value is -1.46. The molecule has 0 aromatic heterocycles. The molecule has 0 amide bonds. The Labute approximate surface area is 133 Å². The average molecular weight is 314 g/mol. The minimum atomic E-state index is -1.49. The molecule has 2 unspecified atom stereocenters. The lowest BCUT2D eigenvalue weighted by atomic mass is 9.66. The first-order valence-corrected chi connectivity index (χ1v) is 7.61. The maximum absolute atomic E-state index is 11.8. The summed E-state index contributed by atoms with van der Waals surface area (Å²) in [6.45, 7) is 14.2. The molecule has 0 saturated heterocycles. The molecule has 0 aromatic carbocycles. The van der Waals surface area contributed by atoms with Gasteiger partial charge in [0.25, 0.3) is 0 Å². The molecule has 0 spiro atoms. The topological polar surface area (TPSA) is 99.3 Å². The second-order valence-corrected chi connectivity index (χ2v) is 7.63. The van der Waals surface area contributed by atoms with Crippen molar-refractivity contribution in [2.45, 2.75) is 72.9 Å². The number of rotatable bonds is 8. The van der Waals surface area contributed by atoms with E-state index in [-0.39, 0.29) is 11.8 Å². The number of carboxylic acids is 2. The van der Waals surface area contributed by atoms with Gasteiger partial charge in [0.1, 0.15) is 0 Å². The van der Waals surface area contributed by atoms with Gasteiger partial charge in [-0.05, 0) is 32.1 Å². The summed E-state index contributed by atoms with van der Waals surface area (Å²) < 4.78 is 0. The van der Waals surface area contributed by atoms with Crippen molar-refractivity contribution >= 4 is 11.9 Å². The second-order valence-electron chi connectivity index (χ2n) is 7.63. The van der Waals surface area contributed by atoms with Crippen LogP contribution in [0.5, 0.6) is 0 Å². The number of hydrogen-bond donors (Lipinski definition) is 2. The normalized spacial score (nSPS) is 18.5. The monoisotopic (exact) mass is 314 g/mol. The maximum atomic E-state index is 11.8. The average Bonchev–Trinajstić information content (AvgIpc) is 2.34. The van der Waals surface area contributed by atoms with Crippen LogP contribution in [-0.2, 0) is 9.59 Å². The summed E-state index contributed by atoms with van der Waals surface area (Å²) in [5.41, 5.74) is -3.59. The minimum absolute atomic E-state index is 0.0359. The van der Waals surface area contributed by atoms with Crippen LogP contribution in [0.1, 0.15) is 61.8 Å². The van der Waals surface area contributed by atoms with E-state index in [1.807, 2.05) is 41.5 Å². The number of aliphatic carboxylic acids is 2. The number of carboxylic acid groups (broad SMARTS) is 2. The molecule has 6 heteroatoms. The van der Waals surface area contributed by atoms with Gasteiger partial charge in [-0.3, -0.25) is 0 Å². The molecule has 0 fully saturated rings. The quantitative estimate of drug-likeness (QED) is 0.664. The fraction of sp³-hybridized carbons (Fsp3) is 0.875. The summed E-state index contributed by atoms with van der Waals surface area (Å²) in [4.78, 5) is 23.3. The number of carbonyl (C=O) groups is 2. The molecule has 2 N–H and O–H groups in total. The first-order valence-electron chi connectivity index (χ1n) is 7.61. The van der Waals surface area contributed by atoms with Crippen molar-refractivity contribution in [3.63, 3.8) is 0 Å². The van der Waals surface area contributed by atoms with Crippen molar-refractivity contribution in [2.75, 3.05) is 0 Å². The molecule has 0 aliphatic heterocycles. The fourth-order valence-corrected chi connectivity index (χ4v) is 2.19. The second kappa shape index (κ2) is 6.75. The van der Waals surface area contributed by atoms with Crippen molar-refractivity contribution < 1.29 is 19.8 Å². The van der Waals surface area contributed by atoms with Crippen LogP contribution in [0.15, 0.2) is 10.2 Å². The Bertz CT molecular complexity index is 457. The molecule has 0 bridgehead atoms. The lowest BCUT2D eigenvalue weighted by Crippen LogP contribution is -2.50. The molecule has 0 aromatic rings.